The van der Waals surface area contributed by atoms with Crippen molar-refractivity contribution in [3.63, 3.8) is 0 Å². The second-order valence-corrected chi connectivity index (χ2v) is 9.80. The minimum atomic E-state index is -3.69. The van der Waals surface area contributed by atoms with E-state index in [0.29, 0.717) is 24.6 Å². The predicted molar refractivity (Wildman–Crippen MR) is 121 cm³/mol. The summed E-state index contributed by atoms with van der Waals surface area (Å²) in [7, 11) is -3.69. The molecule has 1 atom stereocenters. The summed E-state index contributed by atoms with van der Waals surface area (Å²) in [6.07, 6.45) is 4.08. The van der Waals surface area contributed by atoms with Crippen molar-refractivity contribution >= 4 is 45.3 Å². The molecule has 1 aromatic heterocycles. The molecule has 1 fully saturated rings. The van der Waals surface area contributed by atoms with Crippen LogP contribution in [0.15, 0.2) is 45.7 Å². The maximum atomic E-state index is 12.9. The Labute approximate surface area is 192 Å². The highest BCUT2D eigenvalue weighted by atomic mass is 35.5. The summed E-state index contributed by atoms with van der Waals surface area (Å²) in [5.74, 6) is -0.188. The molecule has 1 aliphatic heterocycles. The Bertz CT molecular complexity index is 1120. The molecule has 1 N–H and O–H groups in total. The first kappa shape index (κ1) is 24.0. The van der Waals surface area contributed by atoms with Gasteiger partial charge in [-0.15, -0.1) is 0 Å². The number of sulfonamides is 1. The lowest BCUT2D eigenvalue weighted by molar-refractivity contribution is -0.148. The minimum absolute atomic E-state index is 0.0421. The Morgan fingerprint density at radius 2 is 1.91 bits per heavy atom. The van der Waals surface area contributed by atoms with Crippen molar-refractivity contribution in [1.82, 2.24) is 4.31 Å². The van der Waals surface area contributed by atoms with Crippen LogP contribution in [0.2, 0.25) is 5.02 Å². The quantitative estimate of drug-likeness (QED) is 0.474. The molecule has 1 unspecified atom stereocenters. The normalized spacial score (nSPS) is 16.1. The van der Waals surface area contributed by atoms with Crippen LogP contribution in [0, 0.1) is 6.92 Å². The Morgan fingerprint density at radius 3 is 2.56 bits per heavy atom. The average Bonchev–Trinajstić information content (AvgIpc) is 3.19. The smallest absolute Gasteiger partial charge is 0.331 e. The number of hydrogen-bond donors (Lipinski definition) is 1. The van der Waals surface area contributed by atoms with Crippen molar-refractivity contribution in [1.29, 1.82) is 0 Å². The fourth-order valence-corrected chi connectivity index (χ4v) is 4.92. The maximum Gasteiger partial charge on any atom is 0.331 e. The largest absolute Gasteiger partial charge is 0.462 e. The van der Waals surface area contributed by atoms with Crippen LogP contribution < -0.4 is 5.32 Å². The number of amides is 1. The number of ether oxygens (including phenoxy) is 1. The van der Waals surface area contributed by atoms with Gasteiger partial charge in [0.25, 0.3) is 5.91 Å². The van der Waals surface area contributed by atoms with Crippen LogP contribution in [-0.2, 0) is 24.3 Å². The topological polar surface area (TPSA) is 106 Å². The number of carbonyl (C=O) groups is 2. The molecule has 32 heavy (non-hydrogen) atoms. The van der Waals surface area contributed by atoms with Crippen molar-refractivity contribution in [3.8, 4) is 0 Å². The highest BCUT2D eigenvalue weighted by Gasteiger charge is 2.27. The van der Waals surface area contributed by atoms with E-state index in [1.54, 1.807) is 19.1 Å². The van der Waals surface area contributed by atoms with Gasteiger partial charge in [-0.25, -0.2) is 13.2 Å². The Morgan fingerprint density at radius 1 is 1.19 bits per heavy atom. The molecule has 172 valence electrons. The van der Waals surface area contributed by atoms with E-state index in [4.69, 9.17) is 20.8 Å². The van der Waals surface area contributed by atoms with Crippen LogP contribution in [-0.4, -0.2) is 43.8 Å². The summed E-state index contributed by atoms with van der Waals surface area (Å²) < 4.78 is 37.6. The molecule has 0 radical (unpaired) electrons. The van der Waals surface area contributed by atoms with Gasteiger partial charge in [0, 0.05) is 19.2 Å². The van der Waals surface area contributed by atoms with E-state index < -0.39 is 28.0 Å². The first-order valence-electron chi connectivity index (χ1n) is 10.2. The van der Waals surface area contributed by atoms with Gasteiger partial charge in [-0.2, -0.15) is 4.31 Å². The second kappa shape index (κ2) is 10.3. The lowest BCUT2D eigenvalue weighted by atomic mass is 10.2. The number of nitrogens with zero attached hydrogens (tertiary/aromatic N) is 1. The average molecular weight is 481 g/mol. The summed E-state index contributed by atoms with van der Waals surface area (Å²) in [5, 5.41) is 2.70. The van der Waals surface area contributed by atoms with E-state index in [0.717, 1.165) is 25.3 Å². The first-order valence-corrected chi connectivity index (χ1v) is 12.0. The van der Waals surface area contributed by atoms with Crippen LogP contribution in [0.4, 0.5) is 5.69 Å². The number of furan rings is 1. The number of esters is 1. The monoisotopic (exact) mass is 480 g/mol. The van der Waals surface area contributed by atoms with E-state index in [1.807, 2.05) is 0 Å². The van der Waals surface area contributed by atoms with E-state index in [1.165, 1.54) is 35.5 Å². The van der Waals surface area contributed by atoms with Crippen LogP contribution in [0.5, 0.6) is 0 Å². The summed E-state index contributed by atoms with van der Waals surface area (Å²) >= 11 is 6.15. The van der Waals surface area contributed by atoms with E-state index in [2.05, 4.69) is 5.32 Å². The Kier molecular flexibility index (Phi) is 7.76. The molecule has 0 aliphatic carbocycles. The van der Waals surface area contributed by atoms with Gasteiger partial charge in [0.15, 0.2) is 6.10 Å². The minimum Gasteiger partial charge on any atom is -0.462 e. The lowest BCUT2D eigenvalue weighted by Gasteiger charge is -2.26. The number of anilines is 1. The fourth-order valence-electron chi connectivity index (χ4n) is 3.21. The van der Waals surface area contributed by atoms with Crippen molar-refractivity contribution in [2.45, 2.75) is 44.1 Å². The second-order valence-electron chi connectivity index (χ2n) is 7.46. The van der Waals surface area contributed by atoms with Gasteiger partial charge >= 0.3 is 5.97 Å². The van der Waals surface area contributed by atoms with Gasteiger partial charge in [0.1, 0.15) is 11.5 Å². The Balaban J connectivity index is 1.65. The molecular weight excluding hydrogens is 456 g/mol. The number of nitrogens with one attached hydrogen (secondary N) is 1. The molecule has 1 saturated heterocycles. The van der Waals surface area contributed by atoms with Crippen molar-refractivity contribution in [2.24, 2.45) is 0 Å². The molecule has 8 nitrogen and oxygen atoms in total. The van der Waals surface area contributed by atoms with Gasteiger partial charge in [0.05, 0.1) is 15.6 Å². The van der Waals surface area contributed by atoms with Crippen molar-refractivity contribution < 1.29 is 27.2 Å². The fraction of sp³-hybridized carbons (Fsp3) is 0.364. The van der Waals surface area contributed by atoms with Gasteiger partial charge in [0.2, 0.25) is 10.0 Å². The maximum absolute atomic E-state index is 12.9. The molecule has 2 heterocycles. The standard InChI is InChI=1S/C22H25ClN2O6S/c1-15-6-7-17(30-15)8-11-21(26)31-16(2)22(27)24-20-14-18(9-10-19(20)23)32(28,29)25-12-4-3-5-13-25/h6-11,14,16H,3-5,12-13H2,1-2H3,(H,24,27). The van der Waals surface area contributed by atoms with E-state index in [-0.39, 0.29) is 15.6 Å². The summed E-state index contributed by atoms with van der Waals surface area (Å²) in [6.45, 7) is 4.11. The highest BCUT2D eigenvalue weighted by Crippen LogP contribution is 2.28. The zero-order chi connectivity index (χ0) is 23.3. The van der Waals surface area contributed by atoms with Gasteiger partial charge in [-0.3, -0.25) is 4.79 Å². The summed E-state index contributed by atoms with van der Waals surface area (Å²) in [4.78, 5) is 24.5. The van der Waals surface area contributed by atoms with Crippen molar-refractivity contribution in [2.75, 3.05) is 18.4 Å². The molecule has 0 saturated carbocycles. The molecule has 1 amide bonds. The third kappa shape index (κ3) is 5.99. The third-order valence-corrected chi connectivity index (χ3v) is 7.18. The lowest BCUT2D eigenvalue weighted by Crippen LogP contribution is -2.35. The van der Waals surface area contributed by atoms with Crippen LogP contribution in [0.1, 0.15) is 37.7 Å². The summed E-state index contributed by atoms with van der Waals surface area (Å²) in [6, 6.07) is 7.59. The third-order valence-electron chi connectivity index (χ3n) is 4.96. The zero-order valence-corrected chi connectivity index (χ0v) is 19.4. The number of hydrogen-bond acceptors (Lipinski definition) is 6. The van der Waals surface area contributed by atoms with Crippen LogP contribution in [0.25, 0.3) is 6.08 Å². The number of piperidine rings is 1. The molecular formula is C22H25ClN2O6S. The predicted octanol–water partition coefficient (Wildman–Crippen LogP) is 4.00. The number of halogens is 1. The van der Waals surface area contributed by atoms with Gasteiger partial charge in [-0.1, -0.05) is 18.0 Å². The number of aryl methyl sites for hydroxylation is 1. The molecule has 1 aromatic carbocycles. The zero-order valence-electron chi connectivity index (χ0n) is 17.8. The van der Waals surface area contributed by atoms with Crippen LogP contribution >= 0.6 is 11.6 Å². The molecule has 10 heteroatoms. The number of carbonyl (C=O) groups excluding carboxylic acids is 2. The van der Waals surface area contributed by atoms with Crippen LogP contribution in [0.3, 0.4) is 0 Å². The van der Waals surface area contributed by atoms with Gasteiger partial charge < -0.3 is 14.5 Å². The van der Waals surface area contributed by atoms with E-state index in [9.17, 15) is 18.0 Å². The molecule has 3 rings (SSSR count). The molecule has 2 aromatic rings. The number of rotatable bonds is 7. The highest BCUT2D eigenvalue weighted by molar-refractivity contribution is 7.89. The van der Waals surface area contributed by atoms with Gasteiger partial charge in [-0.05, 0) is 63.1 Å². The molecule has 0 bridgehead atoms. The first-order chi connectivity index (χ1) is 15.2. The number of benzene rings is 1. The van der Waals surface area contributed by atoms with Crippen molar-refractivity contribution in [3.05, 3.63) is 53.0 Å². The summed E-state index contributed by atoms with van der Waals surface area (Å²) in [5.41, 5.74) is 0.124. The molecule has 1 aliphatic rings. The Hall–Kier alpha value is -2.62. The SMILES string of the molecule is Cc1ccc(C=CC(=O)OC(C)C(=O)Nc2cc(S(=O)(=O)N3CCCCC3)ccc2Cl)o1. The van der Waals surface area contributed by atoms with E-state index >= 15 is 0 Å². The molecule has 0 spiro atoms.